The summed E-state index contributed by atoms with van der Waals surface area (Å²) in [6, 6.07) is 0. The first-order valence-corrected chi connectivity index (χ1v) is 4.50. The van der Waals surface area contributed by atoms with E-state index in [-0.39, 0.29) is 0 Å². The normalized spacial score (nSPS) is 31.8. The molecular formula is C10H18O. The number of hydrogen-bond acceptors (Lipinski definition) is 1. The lowest BCUT2D eigenvalue weighted by molar-refractivity contribution is 0.175. The Kier molecular flexibility index (Phi) is 3.13. The topological polar surface area (TPSA) is 20.2 Å². The maximum absolute atomic E-state index is 8.89. The van der Waals surface area contributed by atoms with E-state index >= 15 is 0 Å². The van der Waals surface area contributed by atoms with E-state index < -0.39 is 0 Å². The van der Waals surface area contributed by atoms with E-state index in [9.17, 15) is 0 Å². The minimum absolute atomic E-state index is 0.378. The highest BCUT2D eigenvalue weighted by atomic mass is 16.3. The largest absolute Gasteiger partial charge is 0.396 e. The molecule has 0 saturated heterocycles. The van der Waals surface area contributed by atoms with E-state index in [1.54, 1.807) is 0 Å². The van der Waals surface area contributed by atoms with Crippen LogP contribution in [0.4, 0.5) is 0 Å². The average Bonchev–Trinajstić information content (AvgIpc) is 2.05. The smallest absolute Gasteiger partial charge is 0.0459 e. The first-order chi connectivity index (χ1) is 5.24. The predicted molar refractivity (Wildman–Crippen MR) is 47.3 cm³/mol. The molecule has 1 rings (SSSR count). The Morgan fingerprint density at radius 2 is 1.91 bits per heavy atom. The van der Waals surface area contributed by atoms with Crippen LogP contribution in [0.2, 0.25) is 0 Å². The highest BCUT2D eigenvalue weighted by Gasteiger charge is 2.20. The molecule has 0 atom stereocenters. The van der Waals surface area contributed by atoms with Gasteiger partial charge >= 0.3 is 0 Å². The first-order valence-electron chi connectivity index (χ1n) is 4.50. The van der Waals surface area contributed by atoms with Gasteiger partial charge in [-0.2, -0.15) is 0 Å². The summed E-state index contributed by atoms with van der Waals surface area (Å²) in [4.78, 5) is 0. The van der Waals surface area contributed by atoms with E-state index in [1.165, 1.54) is 31.3 Å². The molecule has 1 saturated carbocycles. The van der Waals surface area contributed by atoms with E-state index in [0.717, 1.165) is 5.92 Å². The summed E-state index contributed by atoms with van der Waals surface area (Å²) in [5.74, 6) is 1.31. The van der Waals surface area contributed by atoms with Crippen LogP contribution in [-0.4, -0.2) is 11.7 Å². The van der Waals surface area contributed by atoms with Crippen LogP contribution in [0, 0.1) is 11.8 Å². The Morgan fingerprint density at radius 1 is 1.36 bits per heavy atom. The van der Waals surface area contributed by atoms with Gasteiger partial charge in [-0.05, 0) is 44.4 Å². The Hall–Kier alpha value is -0.300. The number of aliphatic hydroxyl groups excluding tert-OH is 1. The van der Waals surface area contributed by atoms with E-state index in [0.29, 0.717) is 12.5 Å². The summed E-state index contributed by atoms with van der Waals surface area (Å²) < 4.78 is 0. The quantitative estimate of drug-likeness (QED) is 0.605. The number of hydrogen-bond donors (Lipinski definition) is 1. The van der Waals surface area contributed by atoms with Gasteiger partial charge in [0.05, 0.1) is 0 Å². The highest BCUT2D eigenvalue weighted by Crippen LogP contribution is 2.31. The van der Waals surface area contributed by atoms with Crippen LogP contribution < -0.4 is 0 Å². The molecule has 0 bridgehead atoms. The molecule has 1 nitrogen and oxygen atoms in total. The van der Waals surface area contributed by atoms with Crippen molar-refractivity contribution in [3.63, 3.8) is 0 Å². The van der Waals surface area contributed by atoms with Gasteiger partial charge < -0.3 is 5.11 Å². The number of aliphatic hydroxyl groups is 1. The third-order valence-corrected chi connectivity index (χ3v) is 2.80. The van der Waals surface area contributed by atoms with Gasteiger partial charge in [0.15, 0.2) is 0 Å². The van der Waals surface area contributed by atoms with Gasteiger partial charge in [-0.15, -0.1) is 0 Å². The van der Waals surface area contributed by atoms with Crippen molar-refractivity contribution >= 4 is 0 Å². The standard InChI is InChI=1S/C10H18O/c1-8(2)10-5-3-9(7-11)4-6-10/h9-11H,1,3-7H2,2H3. The van der Waals surface area contributed by atoms with Gasteiger partial charge in [0.1, 0.15) is 0 Å². The Bertz CT molecular complexity index is 132. The third-order valence-electron chi connectivity index (χ3n) is 2.80. The van der Waals surface area contributed by atoms with Crippen LogP contribution in [0.1, 0.15) is 32.6 Å². The number of rotatable bonds is 2. The fraction of sp³-hybridized carbons (Fsp3) is 0.800. The van der Waals surface area contributed by atoms with Crippen LogP contribution in [0.5, 0.6) is 0 Å². The Balaban J connectivity index is 2.30. The number of allylic oxidation sites excluding steroid dienone is 1. The van der Waals surface area contributed by atoms with Gasteiger partial charge in [-0.1, -0.05) is 12.2 Å². The van der Waals surface area contributed by atoms with Crippen LogP contribution in [-0.2, 0) is 0 Å². The van der Waals surface area contributed by atoms with Crippen molar-refractivity contribution in [1.82, 2.24) is 0 Å². The van der Waals surface area contributed by atoms with E-state index in [2.05, 4.69) is 13.5 Å². The molecule has 1 aliphatic rings. The Morgan fingerprint density at radius 3 is 2.27 bits per heavy atom. The molecule has 1 heteroatoms. The molecule has 1 N–H and O–H groups in total. The summed E-state index contributed by atoms with van der Waals surface area (Å²) >= 11 is 0. The van der Waals surface area contributed by atoms with Gasteiger partial charge in [0.2, 0.25) is 0 Å². The average molecular weight is 154 g/mol. The first kappa shape index (κ1) is 8.79. The van der Waals surface area contributed by atoms with Crippen molar-refractivity contribution in [2.75, 3.05) is 6.61 Å². The fourth-order valence-corrected chi connectivity index (χ4v) is 1.84. The van der Waals surface area contributed by atoms with Crippen molar-refractivity contribution in [3.05, 3.63) is 12.2 Å². The van der Waals surface area contributed by atoms with Gasteiger partial charge in [0, 0.05) is 6.61 Å². The third kappa shape index (κ3) is 2.33. The molecule has 64 valence electrons. The molecule has 0 unspecified atom stereocenters. The fourth-order valence-electron chi connectivity index (χ4n) is 1.84. The molecule has 0 aromatic carbocycles. The molecule has 0 aromatic heterocycles. The predicted octanol–water partition coefficient (Wildman–Crippen LogP) is 2.36. The summed E-state index contributed by atoms with van der Waals surface area (Å²) in [6.45, 7) is 6.46. The zero-order valence-electron chi connectivity index (χ0n) is 7.34. The molecule has 11 heavy (non-hydrogen) atoms. The monoisotopic (exact) mass is 154 g/mol. The second-order valence-electron chi connectivity index (χ2n) is 3.75. The van der Waals surface area contributed by atoms with Gasteiger partial charge in [0.25, 0.3) is 0 Å². The molecule has 0 heterocycles. The van der Waals surface area contributed by atoms with Crippen LogP contribution in [0.25, 0.3) is 0 Å². The van der Waals surface area contributed by atoms with Crippen LogP contribution in [0.3, 0.4) is 0 Å². The minimum Gasteiger partial charge on any atom is -0.396 e. The molecule has 0 aromatic rings. The van der Waals surface area contributed by atoms with Crippen molar-refractivity contribution in [2.45, 2.75) is 32.6 Å². The van der Waals surface area contributed by atoms with Crippen LogP contribution in [0.15, 0.2) is 12.2 Å². The van der Waals surface area contributed by atoms with Crippen LogP contribution >= 0.6 is 0 Å². The lowest BCUT2D eigenvalue weighted by Gasteiger charge is -2.27. The van der Waals surface area contributed by atoms with Crippen molar-refractivity contribution in [2.24, 2.45) is 11.8 Å². The maximum atomic E-state index is 8.89. The lowest BCUT2D eigenvalue weighted by Crippen LogP contribution is -2.17. The van der Waals surface area contributed by atoms with E-state index in [1.807, 2.05) is 0 Å². The zero-order valence-corrected chi connectivity index (χ0v) is 7.34. The molecular weight excluding hydrogens is 136 g/mol. The Labute approximate surface area is 69.1 Å². The van der Waals surface area contributed by atoms with Gasteiger partial charge in [-0.25, -0.2) is 0 Å². The highest BCUT2D eigenvalue weighted by molar-refractivity contribution is 4.97. The second kappa shape index (κ2) is 3.91. The summed E-state index contributed by atoms with van der Waals surface area (Å²) in [7, 11) is 0. The molecule has 0 aliphatic heterocycles. The minimum atomic E-state index is 0.378. The van der Waals surface area contributed by atoms with E-state index in [4.69, 9.17) is 5.11 Å². The summed E-state index contributed by atoms with van der Waals surface area (Å²) in [6.07, 6.45) is 4.85. The van der Waals surface area contributed by atoms with Crippen molar-refractivity contribution in [3.8, 4) is 0 Å². The molecule has 0 amide bonds. The molecule has 1 aliphatic carbocycles. The van der Waals surface area contributed by atoms with Gasteiger partial charge in [-0.3, -0.25) is 0 Å². The summed E-state index contributed by atoms with van der Waals surface area (Å²) in [5, 5.41) is 8.89. The van der Waals surface area contributed by atoms with Crippen molar-refractivity contribution < 1.29 is 5.11 Å². The molecule has 1 fully saturated rings. The molecule has 0 radical (unpaired) electrons. The SMILES string of the molecule is C=C(C)C1CCC(CO)CC1. The lowest BCUT2D eigenvalue weighted by atomic mass is 9.80. The summed E-state index contributed by atoms with van der Waals surface area (Å²) in [5.41, 5.74) is 1.32. The molecule has 0 spiro atoms. The second-order valence-corrected chi connectivity index (χ2v) is 3.75. The maximum Gasteiger partial charge on any atom is 0.0459 e. The van der Waals surface area contributed by atoms with Crippen molar-refractivity contribution in [1.29, 1.82) is 0 Å². The zero-order chi connectivity index (χ0) is 8.27.